The van der Waals surface area contributed by atoms with Gasteiger partial charge in [0, 0.05) is 18.2 Å². The minimum Gasteiger partial charge on any atom is -0.310 e. The topological polar surface area (TPSA) is 57.8 Å². The van der Waals surface area contributed by atoms with E-state index in [1.165, 1.54) is 18.6 Å². The lowest BCUT2D eigenvalue weighted by atomic mass is 10.1. The molecule has 1 aromatic heterocycles. The summed E-state index contributed by atoms with van der Waals surface area (Å²) in [4.78, 5) is 19.3. The summed E-state index contributed by atoms with van der Waals surface area (Å²) in [5, 5.41) is 3.73. The summed E-state index contributed by atoms with van der Waals surface area (Å²) < 4.78 is 0. The maximum Gasteiger partial charge on any atom is 0.251 e. The molecule has 1 aliphatic rings. The Hall–Kier alpha value is -0.810. The van der Waals surface area contributed by atoms with Gasteiger partial charge in [-0.15, -0.1) is 0 Å². The van der Waals surface area contributed by atoms with E-state index in [2.05, 4.69) is 36.1 Å². The van der Waals surface area contributed by atoms with Crippen molar-refractivity contribution in [3.63, 3.8) is 0 Å². The van der Waals surface area contributed by atoms with E-state index in [1.807, 2.05) is 11.8 Å². The van der Waals surface area contributed by atoms with Crippen LogP contribution in [0, 0.1) is 0 Å². The van der Waals surface area contributed by atoms with Crippen LogP contribution in [0.1, 0.15) is 56.8 Å². The lowest BCUT2D eigenvalue weighted by Gasteiger charge is -2.22. The third-order valence-electron chi connectivity index (χ3n) is 3.10. The molecule has 1 aromatic rings. The first-order chi connectivity index (χ1) is 8.94. The Kier molecular flexibility index (Phi) is 4.68. The molecule has 5 heteroatoms. The van der Waals surface area contributed by atoms with E-state index in [0.29, 0.717) is 11.8 Å². The SMILES string of the molecule is CC(C)(C)NCc1cc(=O)[nH]c(C2CCCCS2)n1. The summed E-state index contributed by atoms with van der Waals surface area (Å²) >= 11 is 1.90. The summed E-state index contributed by atoms with van der Waals surface area (Å²) in [6.45, 7) is 6.96. The number of aromatic amines is 1. The van der Waals surface area contributed by atoms with Crippen molar-refractivity contribution in [2.45, 2.75) is 57.4 Å². The molecule has 1 fully saturated rings. The normalized spacial score (nSPS) is 20.5. The van der Waals surface area contributed by atoms with Gasteiger partial charge in [-0.2, -0.15) is 11.8 Å². The molecule has 106 valence electrons. The molecule has 0 radical (unpaired) electrons. The van der Waals surface area contributed by atoms with Gasteiger partial charge in [0.1, 0.15) is 5.82 Å². The van der Waals surface area contributed by atoms with Crippen LogP contribution < -0.4 is 10.9 Å². The number of aromatic nitrogens is 2. The van der Waals surface area contributed by atoms with Gasteiger partial charge in [0.2, 0.25) is 0 Å². The maximum absolute atomic E-state index is 11.7. The number of H-pyrrole nitrogens is 1. The van der Waals surface area contributed by atoms with E-state index in [0.717, 1.165) is 17.9 Å². The molecule has 0 aliphatic carbocycles. The Morgan fingerprint density at radius 3 is 2.89 bits per heavy atom. The molecule has 4 nitrogen and oxygen atoms in total. The minimum absolute atomic E-state index is 0.0318. The number of nitrogens with one attached hydrogen (secondary N) is 2. The molecule has 0 amide bonds. The molecular formula is C14H23N3OS. The molecule has 0 spiro atoms. The zero-order chi connectivity index (χ0) is 13.9. The predicted molar refractivity (Wildman–Crippen MR) is 80.5 cm³/mol. The lowest BCUT2D eigenvalue weighted by Crippen LogP contribution is -2.35. The first-order valence-corrected chi connectivity index (χ1v) is 7.96. The third-order valence-corrected chi connectivity index (χ3v) is 4.48. The average molecular weight is 281 g/mol. The molecule has 1 unspecified atom stereocenters. The minimum atomic E-state index is -0.0399. The van der Waals surface area contributed by atoms with Crippen LogP contribution in [-0.4, -0.2) is 21.3 Å². The van der Waals surface area contributed by atoms with E-state index in [4.69, 9.17) is 0 Å². The van der Waals surface area contributed by atoms with Gasteiger partial charge in [0.05, 0.1) is 10.9 Å². The van der Waals surface area contributed by atoms with E-state index in [-0.39, 0.29) is 11.1 Å². The Balaban J connectivity index is 2.12. The monoisotopic (exact) mass is 281 g/mol. The van der Waals surface area contributed by atoms with E-state index in [9.17, 15) is 4.79 Å². The molecule has 0 aromatic carbocycles. The number of rotatable bonds is 3. The van der Waals surface area contributed by atoms with Crippen LogP contribution in [0.3, 0.4) is 0 Å². The highest BCUT2D eigenvalue weighted by Crippen LogP contribution is 2.36. The first-order valence-electron chi connectivity index (χ1n) is 6.91. The molecule has 1 atom stereocenters. The van der Waals surface area contributed by atoms with Crippen molar-refractivity contribution in [2.75, 3.05) is 5.75 Å². The van der Waals surface area contributed by atoms with Crippen molar-refractivity contribution in [1.82, 2.24) is 15.3 Å². The second-order valence-corrected chi connectivity index (χ2v) is 7.39. The highest BCUT2D eigenvalue weighted by atomic mass is 32.2. The van der Waals surface area contributed by atoms with Crippen LogP contribution in [0.25, 0.3) is 0 Å². The van der Waals surface area contributed by atoms with Gasteiger partial charge in [-0.3, -0.25) is 4.79 Å². The fourth-order valence-corrected chi connectivity index (χ4v) is 3.34. The van der Waals surface area contributed by atoms with Crippen LogP contribution in [0.15, 0.2) is 10.9 Å². The largest absolute Gasteiger partial charge is 0.310 e. The molecule has 2 heterocycles. The number of thioether (sulfide) groups is 1. The smallest absolute Gasteiger partial charge is 0.251 e. The van der Waals surface area contributed by atoms with Crippen LogP contribution >= 0.6 is 11.8 Å². The third kappa shape index (κ3) is 4.66. The van der Waals surface area contributed by atoms with Gasteiger partial charge in [-0.25, -0.2) is 4.98 Å². The van der Waals surface area contributed by atoms with Gasteiger partial charge in [-0.1, -0.05) is 6.42 Å². The Morgan fingerprint density at radius 2 is 2.26 bits per heavy atom. The van der Waals surface area contributed by atoms with Gasteiger partial charge < -0.3 is 10.3 Å². The zero-order valence-electron chi connectivity index (χ0n) is 12.0. The average Bonchev–Trinajstić information content (AvgIpc) is 2.36. The fraction of sp³-hybridized carbons (Fsp3) is 0.714. The summed E-state index contributed by atoms with van der Waals surface area (Å²) in [7, 11) is 0. The predicted octanol–water partition coefficient (Wildman–Crippen LogP) is 2.62. The highest BCUT2D eigenvalue weighted by Gasteiger charge is 2.19. The molecule has 2 rings (SSSR count). The molecular weight excluding hydrogens is 258 g/mol. The zero-order valence-corrected chi connectivity index (χ0v) is 12.8. The lowest BCUT2D eigenvalue weighted by molar-refractivity contribution is 0.420. The Bertz CT molecular complexity index is 472. The van der Waals surface area contributed by atoms with Crippen molar-refractivity contribution in [2.24, 2.45) is 0 Å². The first kappa shape index (κ1) is 14.6. The van der Waals surface area contributed by atoms with Crippen molar-refractivity contribution in [3.05, 3.63) is 27.9 Å². The number of hydrogen-bond donors (Lipinski definition) is 2. The molecule has 19 heavy (non-hydrogen) atoms. The quantitative estimate of drug-likeness (QED) is 0.894. The summed E-state index contributed by atoms with van der Waals surface area (Å²) in [5.41, 5.74) is 0.825. The van der Waals surface area contributed by atoms with Gasteiger partial charge >= 0.3 is 0 Å². The van der Waals surface area contributed by atoms with E-state index >= 15 is 0 Å². The molecule has 0 bridgehead atoms. The second-order valence-electron chi connectivity index (χ2n) is 6.08. The Labute approximate surface area is 118 Å². The van der Waals surface area contributed by atoms with Crippen LogP contribution in [0.5, 0.6) is 0 Å². The van der Waals surface area contributed by atoms with Gasteiger partial charge in [0.25, 0.3) is 5.56 Å². The second kappa shape index (κ2) is 6.09. The van der Waals surface area contributed by atoms with Gasteiger partial charge in [0.15, 0.2) is 0 Å². The summed E-state index contributed by atoms with van der Waals surface area (Å²) in [6.07, 6.45) is 3.62. The standard InChI is InChI=1S/C14H23N3OS/c1-14(2,3)15-9-10-8-12(18)17-13(16-10)11-6-4-5-7-19-11/h8,11,15H,4-7,9H2,1-3H3,(H,16,17,18). The maximum atomic E-state index is 11.7. The van der Waals surface area contributed by atoms with Gasteiger partial charge in [-0.05, 0) is 39.4 Å². The summed E-state index contributed by atoms with van der Waals surface area (Å²) in [5.74, 6) is 2.02. The van der Waals surface area contributed by atoms with E-state index in [1.54, 1.807) is 6.07 Å². The fourth-order valence-electron chi connectivity index (χ4n) is 2.08. The van der Waals surface area contributed by atoms with Crippen molar-refractivity contribution in [1.29, 1.82) is 0 Å². The van der Waals surface area contributed by atoms with Crippen LogP contribution in [0.4, 0.5) is 0 Å². The van der Waals surface area contributed by atoms with Crippen molar-refractivity contribution < 1.29 is 0 Å². The molecule has 0 saturated carbocycles. The van der Waals surface area contributed by atoms with E-state index < -0.39 is 0 Å². The number of hydrogen-bond acceptors (Lipinski definition) is 4. The molecule has 1 saturated heterocycles. The Morgan fingerprint density at radius 1 is 1.47 bits per heavy atom. The number of nitrogens with zero attached hydrogens (tertiary/aromatic N) is 1. The van der Waals surface area contributed by atoms with Crippen molar-refractivity contribution >= 4 is 11.8 Å². The molecule has 1 aliphatic heterocycles. The van der Waals surface area contributed by atoms with Crippen LogP contribution in [-0.2, 0) is 6.54 Å². The highest BCUT2D eigenvalue weighted by molar-refractivity contribution is 7.99. The van der Waals surface area contributed by atoms with Crippen LogP contribution in [0.2, 0.25) is 0 Å². The molecule has 2 N–H and O–H groups in total. The van der Waals surface area contributed by atoms with Crippen molar-refractivity contribution in [3.8, 4) is 0 Å². The summed E-state index contributed by atoms with van der Waals surface area (Å²) in [6, 6.07) is 1.59.